The molecule has 2 aromatic rings. The SMILES string of the molecule is Cc1cccc(C(=O)Nc2ccccc2C(=O)N2CCC(C)CC2)c1. The van der Waals surface area contributed by atoms with Gasteiger partial charge in [-0.2, -0.15) is 0 Å². The molecule has 1 heterocycles. The Labute approximate surface area is 148 Å². The van der Waals surface area contributed by atoms with E-state index in [2.05, 4.69) is 12.2 Å². The molecule has 1 saturated heterocycles. The molecule has 2 aromatic carbocycles. The van der Waals surface area contributed by atoms with E-state index in [1.165, 1.54) is 0 Å². The van der Waals surface area contributed by atoms with Gasteiger partial charge in [0.2, 0.25) is 0 Å². The molecule has 0 radical (unpaired) electrons. The predicted octanol–water partition coefficient (Wildman–Crippen LogP) is 4.12. The predicted molar refractivity (Wildman–Crippen MR) is 99.9 cm³/mol. The average Bonchev–Trinajstić information content (AvgIpc) is 2.62. The van der Waals surface area contributed by atoms with Gasteiger partial charge < -0.3 is 10.2 Å². The van der Waals surface area contributed by atoms with Crippen LogP contribution < -0.4 is 5.32 Å². The summed E-state index contributed by atoms with van der Waals surface area (Å²) in [7, 11) is 0. The lowest BCUT2D eigenvalue weighted by molar-refractivity contribution is 0.0698. The molecule has 3 rings (SSSR count). The maximum atomic E-state index is 12.9. The fourth-order valence-electron chi connectivity index (χ4n) is 3.14. The molecule has 25 heavy (non-hydrogen) atoms. The molecule has 0 spiro atoms. The number of rotatable bonds is 3. The largest absolute Gasteiger partial charge is 0.339 e. The molecule has 1 aliphatic heterocycles. The summed E-state index contributed by atoms with van der Waals surface area (Å²) in [6.45, 7) is 5.73. The molecular weight excluding hydrogens is 312 g/mol. The molecule has 4 nitrogen and oxygen atoms in total. The van der Waals surface area contributed by atoms with Crippen LogP contribution in [0.5, 0.6) is 0 Å². The smallest absolute Gasteiger partial charge is 0.255 e. The van der Waals surface area contributed by atoms with Crippen LogP contribution in [0.2, 0.25) is 0 Å². The molecule has 0 atom stereocenters. The number of carbonyl (C=O) groups is 2. The van der Waals surface area contributed by atoms with Crippen LogP contribution in [-0.2, 0) is 0 Å². The van der Waals surface area contributed by atoms with Crippen LogP contribution in [0.1, 0.15) is 46.0 Å². The summed E-state index contributed by atoms with van der Waals surface area (Å²) in [5.41, 5.74) is 2.74. The number of benzene rings is 2. The molecular formula is C21H24N2O2. The molecule has 1 fully saturated rings. The number of nitrogens with zero attached hydrogens (tertiary/aromatic N) is 1. The van der Waals surface area contributed by atoms with Crippen molar-refractivity contribution in [3.05, 3.63) is 65.2 Å². The number of amides is 2. The van der Waals surface area contributed by atoms with E-state index in [0.29, 0.717) is 22.7 Å². The zero-order chi connectivity index (χ0) is 17.8. The number of hydrogen-bond donors (Lipinski definition) is 1. The van der Waals surface area contributed by atoms with Crippen molar-refractivity contribution in [2.75, 3.05) is 18.4 Å². The number of anilines is 1. The van der Waals surface area contributed by atoms with E-state index < -0.39 is 0 Å². The first-order valence-corrected chi connectivity index (χ1v) is 8.81. The van der Waals surface area contributed by atoms with Crippen molar-refractivity contribution in [2.45, 2.75) is 26.7 Å². The Morgan fingerprint density at radius 3 is 2.48 bits per heavy atom. The summed E-state index contributed by atoms with van der Waals surface area (Å²) in [6.07, 6.45) is 2.06. The number of carbonyl (C=O) groups excluding carboxylic acids is 2. The lowest BCUT2D eigenvalue weighted by Gasteiger charge is -2.30. The maximum absolute atomic E-state index is 12.9. The van der Waals surface area contributed by atoms with Crippen LogP contribution >= 0.6 is 0 Å². The zero-order valence-electron chi connectivity index (χ0n) is 14.8. The van der Waals surface area contributed by atoms with E-state index in [1.54, 1.807) is 18.2 Å². The normalized spacial score (nSPS) is 15.0. The van der Waals surface area contributed by atoms with Gasteiger partial charge in [-0.1, -0.05) is 36.8 Å². The highest BCUT2D eigenvalue weighted by molar-refractivity contribution is 6.09. The van der Waals surface area contributed by atoms with Crippen LogP contribution in [0.3, 0.4) is 0 Å². The first-order valence-electron chi connectivity index (χ1n) is 8.81. The fraction of sp³-hybridized carbons (Fsp3) is 0.333. The minimum Gasteiger partial charge on any atom is -0.339 e. The van der Waals surface area contributed by atoms with Crippen molar-refractivity contribution >= 4 is 17.5 Å². The second-order valence-corrected chi connectivity index (χ2v) is 6.84. The van der Waals surface area contributed by atoms with Gasteiger partial charge in [0.25, 0.3) is 11.8 Å². The molecule has 4 heteroatoms. The number of hydrogen-bond acceptors (Lipinski definition) is 2. The lowest BCUT2D eigenvalue weighted by atomic mass is 9.98. The third-order valence-corrected chi connectivity index (χ3v) is 4.76. The third-order valence-electron chi connectivity index (χ3n) is 4.76. The highest BCUT2D eigenvalue weighted by Crippen LogP contribution is 2.22. The fourth-order valence-corrected chi connectivity index (χ4v) is 3.14. The van der Waals surface area contributed by atoms with Crippen LogP contribution in [0, 0.1) is 12.8 Å². The second kappa shape index (κ2) is 7.51. The van der Waals surface area contributed by atoms with Crippen LogP contribution in [0.4, 0.5) is 5.69 Å². The van der Waals surface area contributed by atoms with E-state index in [9.17, 15) is 9.59 Å². The van der Waals surface area contributed by atoms with Gasteiger partial charge in [-0.3, -0.25) is 9.59 Å². The van der Waals surface area contributed by atoms with E-state index >= 15 is 0 Å². The van der Waals surface area contributed by atoms with Gasteiger partial charge in [0, 0.05) is 18.7 Å². The zero-order valence-corrected chi connectivity index (χ0v) is 14.8. The summed E-state index contributed by atoms with van der Waals surface area (Å²) in [5, 5.41) is 2.90. The molecule has 0 unspecified atom stereocenters. The third kappa shape index (κ3) is 4.08. The number of nitrogens with one attached hydrogen (secondary N) is 1. The Morgan fingerprint density at radius 2 is 1.76 bits per heavy atom. The lowest BCUT2D eigenvalue weighted by Crippen LogP contribution is -2.38. The minimum absolute atomic E-state index is 0.00737. The average molecular weight is 336 g/mol. The Kier molecular flexibility index (Phi) is 5.17. The first-order chi connectivity index (χ1) is 12.0. The molecule has 0 saturated carbocycles. The van der Waals surface area contributed by atoms with Gasteiger partial charge in [-0.25, -0.2) is 0 Å². The summed E-state index contributed by atoms with van der Waals surface area (Å²) in [6, 6.07) is 14.7. The maximum Gasteiger partial charge on any atom is 0.255 e. The monoisotopic (exact) mass is 336 g/mol. The molecule has 1 aliphatic rings. The molecule has 0 bridgehead atoms. The van der Waals surface area contributed by atoms with Crippen LogP contribution in [-0.4, -0.2) is 29.8 Å². The molecule has 130 valence electrons. The highest BCUT2D eigenvalue weighted by atomic mass is 16.2. The van der Waals surface area contributed by atoms with Gasteiger partial charge in [0.05, 0.1) is 11.3 Å². The van der Waals surface area contributed by atoms with E-state index in [4.69, 9.17) is 0 Å². The van der Waals surface area contributed by atoms with Gasteiger partial charge >= 0.3 is 0 Å². The Morgan fingerprint density at radius 1 is 1.04 bits per heavy atom. The summed E-state index contributed by atoms with van der Waals surface area (Å²) < 4.78 is 0. The van der Waals surface area contributed by atoms with Crippen LogP contribution in [0.25, 0.3) is 0 Å². The van der Waals surface area contributed by atoms with Crippen molar-refractivity contribution in [3.63, 3.8) is 0 Å². The number of piperidine rings is 1. The number of aryl methyl sites for hydroxylation is 1. The van der Waals surface area contributed by atoms with Gasteiger partial charge in [0.15, 0.2) is 0 Å². The van der Waals surface area contributed by atoms with Crippen molar-refractivity contribution in [1.82, 2.24) is 4.90 Å². The van der Waals surface area contributed by atoms with Crippen molar-refractivity contribution < 1.29 is 9.59 Å². The molecule has 0 aliphatic carbocycles. The molecule has 0 aromatic heterocycles. The van der Waals surface area contributed by atoms with E-state index in [1.807, 2.05) is 42.2 Å². The van der Waals surface area contributed by atoms with Gasteiger partial charge in [0.1, 0.15) is 0 Å². The first kappa shape index (κ1) is 17.2. The summed E-state index contributed by atoms with van der Waals surface area (Å²) in [4.78, 5) is 27.3. The van der Waals surface area contributed by atoms with E-state index in [0.717, 1.165) is 31.5 Å². The quantitative estimate of drug-likeness (QED) is 0.916. The topological polar surface area (TPSA) is 49.4 Å². The van der Waals surface area contributed by atoms with Gasteiger partial charge in [-0.05, 0) is 49.9 Å². The Hall–Kier alpha value is -2.62. The van der Waals surface area contributed by atoms with Crippen molar-refractivity contribution in [3.8, 4) is 0 Å². The summed E-state index contributed by atoms with van der Waals surface area (Å²) >= 11 is 0. The van der Waals surface area contributed by atoms with Crippen LogP contribution in [0.15, 0.2) is 48.5 Å². The van der Waals surface area contributed by atoms with Crippen molar-refractivity contribution in [2.24, 2.45) is 5.92 Å². The van der Waals surface area contributed by atoms with Crippen molar-refractivity contribution in [1.29, 1.82) is 0 Å². The number of para-hydroxylation sites is 1. The number of likely N-dealkylation sites (tertiary alicyclic amines) is 1. The minimum atomic E-state index is -0.198. The Balaban J connectivity index is 1.79. The molecule has 2 amide bonds. The second-order valence-electron chi connectivity index (χ2n) is 6.84. The van der Waals surface area contributed by atoms with E-state index in [-0.39, 0.29) is 11.8 Å². The molecule has 1 N–H and O–H groups in total. The Bertz CT molecular complexity index is 777. The highest BCUT2D eigenvalue weighted by Gasteiger charge is 2.23. The summed E-state index contributed by atoms with van der Waals surface area (Å²) in [5.74, 6) is 0.462. The van der Waals surface area contributed by atoms with Gasteiger partial charge in [-0.15, -0.1) is 0 Å². The standard InChI is InChI=1S/C21H24N2O2/c1-15-10-12-23(13-11-15)21(25)18-8-3-4-9-19(18)22-20(24)17-7-5-6-16(2)14-17/h3-9,14-15H,10-13H2,1-2H3,(H,22,24).